The topological polar surface area (TPSA) is 66.4 Å². The minimum atomic E-state index is -1.000. The molecule has 1 amide bonds. The molecule has 0 spiro atoms. The number of amides is 1. The third-order valence-electron chi connectivity index (χ3n) is 2.98. The molecule has 0 aromatic heterocycles. The predicted molar refractivity (Wildman–Crippen MR) is 70.1 cm³/mol. The van der Waals surface area contributed by atoms with Gasteiger partial charge in [0.15, 0.2) is 0 Å². The fourth-order valence-electron chi connectivity index (χ4n) is 1.98. The number of carboxylic acids is 1. The molecule has 0 heterocycles. The number of aliphatic carboxylic acids is 1. The molecule has 0 saturated carbocycles. The van der Waals surface area contributed by atoms with E-state index in [0.29, 0.717) is 12.3 Å². The third kappa shape index (κ3) is 6.89. The summed E-state index contributed by atoms with van der Waals surface area (Å²) in [5, 5.41) is 10.8. The van der Waals surface area contributed by atoms with Crippen molar-refractivity contribution in [3.05, 3.63) is 24.3 Å². The summed E-state index contributed by atoms with van der Waals surface area (Å²) in [5.74, 6) is -0.519. The summed E-state index contributed by atoms with van der Waals surface area (Å²) in [6.07, 6.45) is 14.3. The molecule has 4 nitrogen and oxygen atoms in total. The minimum Gasteiger partial charge on any atom is -0.480 e. The lowest BCUT2D eigenvalue weighted by Crippen LogP contribution is -2.28. The SMILES string of the molecule is O=C(O)CNC(=O)CCCCCC1C=CC=CC1. The number of nitrogens with one attached hydrogen (secondary N) is 1. The van der Waals surface area contributed by atoms with Gasteiger partial charge in [-0.1, -0.05) is 37.1 Å². The van der Waals surface area contributed by atoms with E-state index in [0.717, 1.165) is 32.1 Å². The number of unbranched alkanes of at least 4 members (excludes halogenated alkanes) is 2. The van der Waals surface area contributed by atoms with Gasteiger partial charge >= 0.3 is 5.97 Å². The highest BCUT2D eigenvalue weighted by atomic mass is 16.4. The van der Waals surface area contributed by atoms with Crippen molar-refractivity contribution in [2.75, 3.05) is 6.54 Å². The highest BCUT2D eigenvalue weighted by molar-refractivity contribution is 5.80. The quantitative estimate of drug-likeness (QED) is 0.650. The van der Waals surface area contributed by atoms with Crippen LogP contribution in [0.1, 0.15) is 38.5 Å². The van der Waals surface area contributed by atoms with Crippen LogP contribution in [0.2, 0.25) is 0 Å². The van der Waals surface area contributed by atoms with Crippen LogP contribution in [0, 0.1) is 5.92 Å². The Bertz CT molecular complexity index is 334. The maximum absolute atomic E-state index is 11.2. The largest absolute Gasteiger partial charge is 0.480 e. The van der Waals surface area contributed by atoms with Crippen molar-refractivity contribution in [3.8, 4) is 0 Å². The highest BCUT2D eigenvalue weighted by Gasteiger charge is 2.06. The summed E-state index contributed by atoms with van der Waals surface area (Å²) in [4.78, 5) is 21.4. The van der Waals surface area contributed by atoms with Gasteiger partial charge in [0.1, 0.15) is 6.54 Å². The molecule has 0 aliphatic heterocycles. The maximum atomic E-state index is 11.2. The third-order valence-corrected chi connectivity index (χ3v) is 2.98. The number of carboxylic acid groups (broad SMARTS) is 1. The Morgan fingerprint density at radius 1 is 1.22 bits per heavy atom. The van der Waals surface area contributed by atoms with Crippen molar-refractivity contribution >= 4 is 11.9 Å². The smallest absolute Gasteiger partial charge is 0.322 e. The highest BCUT2D eigenvalue weighted by Crippen LogP contribution is 2.19. The van der Waals surface area contributed by atoms with E-state index in [1.165, 1.54) is 0 Å². The molecule has 4 heteroatoms. The van der Waals surface area contributed by atoms with Gasteiger partial charge in [0.05, 0.1) is 0 Å². The fraction of sp³-hybridized carbons (Fsp3) is 0.571. The molecule has 1 atom stereocenters. The average Bonchev–Trinajstić information content (AvgIpc) is 2.37. The van der Waals surface area contributed by atoms with E-state index in [9.17, 15) is 9.59 Å². The molecule has 100 valence electrons. The van der Waals surface area contributed by atoms with Crippen LogP contribution in [-0.2, 0) is 9.59 Å². The normalized spacial score (nSPS) is 17.7. The molecule has 0 aromatic rings. The summed E-state index contributed by atoms with van der Waals surface area (Å²) < 4.78 is 0. The molecular formula is C14H21NO3. The lowest BCUT2D eigenvalue weighted by molar-refractivity contribution is -0.137. The van der Waals surface area contributed by atoms with Crippen molar-refractivity contribution in [1.82, 2.24) is 5.32 Å². The molecule has 0 aromatic carbocycles. The zero-order chi connectivity index (χ0) is 13.2. The van der Waals surface area contributed by atoms with E-state index < -0.39 is 5.97 Å². The summed E-state index contributed by atoms with van der Waals surface area (Å²) >= 11 is 0. The monoisotopic (exact) mass is 251 g/mol. The van der Waals surface area contributed by atoms with Crippen LogP contribution in [0.4, 0.5) is 0 Å². The van der Waals surface area contributed by atoms with Crippen LogP contribution in [0.3, 0.4) is 0 Å². The standard InChI is InChI=1S/C14H21NO3/c16-13(15-11-14(17)18)10-6-2-5-9-12-7-3-1-4-8-12/h1,3-4,7,12H,2,5-6,8-11H2,(H,15,16)(H,17,18). The second-order valence-electron chi connectivity index (χ2n) is 4.58. The van der Waals surface area contributed by atoms with Gasteiger partial charge in [0.25, 0.3) is 0 Å². The van der Waals surface area contributed by atoms with Crippen LogP contribution in [0.5, 0.6) is 0 Å². The van der Waals surface area contributed by atoms with Gasteiger partial charge < -0.3 is 10.4 Å². The first-order valence-corrected chi connectivity index (χ1v) is 6.50. The van der Waals surface area contributed by atoms with Crippen molar-refractivity contribution in [1.29, 1.82) is 0 Å². The zero-order valence-corrected chi connectivity index (χ0v) is 10.6. The Kier molecular flexibility index (Phi) is 6.84. The van der Waals surface area contributed by atoms with Gasteiger partial charge in [-0.2, -0.15) is 0 Å². The van der Waals surface area contributed by atoms with Crippen molar-refractivity contribution < 1.29 is 14.7 Å². The zero-order valence-electron chi connectivity index (χ0n) is 10.6. The Balaban J connectivity index is 1.95. The summed E-state index contributed by atoms with van der Waals surface area (Å²) in [7, 11) is 0. The van der Waals surface area contributed by atoms with E-state index in [1.54, 1.807) is 0 Å². The van der Waals surface area contributed by atoms with Gasteiger partial charge in [-0.05, 0) is 25.2 Å². The Morgan fingerprint density at radius 2 is 2.06 bits per heavy atom. The summed E-state index contributed by atoms with van der Waals surface area (Å²) in [6.45, 7) is -0.280. The predicted octanol–water partition coefficient (Wildman–Crippen LogP) is 2.27. The number of allylic oxidation sites excluding steroid dienone is 4. The van der Waals surface area contributed by atoms with Gasteiger partial charge in [0.2, 0.25) is 5.91 Å². The lowest BCUT2D eigenvalue weighted by Gasteiger charge is -2.12. The first kappa shape index (κ1) is 14.5. The number of hydrogen-bond acceptors (Lipinski definition) is 2. The van der Waals surface area contributed by atoms with Crippen LogP contribution < -0.4 is 5.32 Å². The number of carbonyl (C=O) groups excluding carboxylic acids is 1. The molecule has 1 rings (SSSR count). The fourth-order valence-corrected chi connectivity index (χ4v) is 1.98. The van der Waals surface area contributed by atoms with Gasteiger partial charge in [-0.15, -0.1) is 0 Å². The van der Waals surface area contributed by atoms with Crippen molar-refractivity contribution in [2.45, 2.75) is 38.5 Å². The van der Waals surface area contributed by atoms with Crippen LogP contribution in [0.15, 0.2) is 24.3 Å². The van der Waals surface area contributed by atoms with E-state index in [2.05, 4.69) is 29.6 Å². The van der Waals surface area contributed by atoms with Crippen LogP contribution in [0.25, 0.3) is 0 Å². The Hall–Kier alpha value is -1.58. The van der Waals surface area contributed by atoms with Gasteiger partial charge in [0, 0.05) is 6.42 Å². The Morgan fingerprint density at radius 3 is 2.72 bits per heavy atom. The van der Waals surface area contributed by atoms with E-state index in [-0.39, 0.29) is 12.5 Å². The first-order valence-electron chi connectivity index (χ1n) is 6.50. The summed E-state index contributed by atoms with van der Waals surface area (Å²) in [5.41, 5.74) is 0. The Labute approximate surface area is 108 Å². The molecule has 1 aliphatic rings. The molecule has 1 aliphatic carbocycles. The first-order chi connectivity index (χ1) is 8.68. The molecule has 0 saturated heterocycles. The van der Waals surface area contributed by atoms with E-state index >= 15 is 0 Å². The molecule has 0 bridgehead atoms. The van der Waals surface area contributed by atoms with E-state index in [1.807, 2.05) is 0 Å². The van der Waals surface area contributed by atoms with Gasteiger partial charge in [-0.25, -0.2) is 0 Å². The molecule has 0 fully saturated rings. The lowest BCUT2D eigenvalue weighted by atomic mass is 9.94. The molecule has 1 unspecified atom stereocenters. The van der Waals surface area contributed by atoms with Crippen molar-refractivity contribution in [3.63, 3.8) is 0 Å². The van der Waals surface area contributed by atoms with Crippen LogP contribution >= 0.6 is 0 Å². The second kappa shape index (κ2) is 8.50. The maximum Gasteiger partial charge on any atom is 0.322 e. The van der Waals surface area contributed by atoms with Gasteiger partial charge in [-0.3, -0.25) is 9.59 Å². The summed E-state index contributed by atoms with van der Waals surface area (Å²) in [6, 6.07) is 0. The number of rotatable bonds is 8. The molecule has 2 N–H and O–H groups in total. The number of hydrogen-bond donors (Lipinski definition) is 2. The number of carbonyl (C=O) groups is 2. The average molecular weight is 251 g/mol. The molecule has 18 heavy (non-hydrogen) atoms. The second-order valence-corrected chi connectivity index (χ2v) is 4.58. The van der Waals surface area contributed by atoms with Crippen molar-refractivity contribution in [2.24, 2.45) is 5.92 Å². The van der Waals surface area contributed by atoms with E-state index in [4.69, 9.17) is 5.11 Å². The minimum absolute atomic E-state index is 0.169. The van der Waals surface area contributed by atoms with Crippen LogP contribution in [-0.4, -0.2) is 23.5 Å². The molecular weight excluding hydrogens is 230 g/mol. The molecule has 0 radical (unpaired) electrons.